The molecule has 0 spiro atoms. The van der Waals surface area contributed by atoms with Gasteiger partial charge in [-0.15, -0.1) is 0 Å². The summed E-state index contributed by atoms with van der Waals surface area (Å²) in [5.74, 6) is 0.502. The van der Waals surface area contributed by atoms with Gasteiger partial charge in [0.1, 0.15) is 0 Å². The molecule has 1 aromatic carbocycles. The summed E-state index contributed by atoms with van der Waals surface area (Å²) in [5, 5.41) is 0. The van der Waals surface area contributed by atoms with Crippen molar-refractivity contribution in [2.75, 3.05) is 0 Å². The minimum atomic E-state index is 0.212. The van der Waals surface area contributed by atoms with Gasteiger partial charge in [0.25, 0.3) is 0 Å². The second-order valence-corrected chi connectivity index (χ2v) is 3.12. The molecule has 0 bridgehead atoms. The molecule has 0 amide bonds. The smallest absolute Gasteiger partial charge is 0.159 e. The van der Waals surface area contributed by atoms with Crippen LogP contribution in [0, 0.1) is 0 Å². The van der Waals surface area contributed by atoms with E-state index in [-0.39, 0.29) is 5.78 Å². The minimum absolute atomic E-state index is 0.212. The lowest BCUT2D eigenvalue weighted by molar-refractivity contribution is -0.119. The number of benzene rings is 1. The summed E-state index contributed by atoms with van der Waals surface area (Å²) < 4.78 is 0. The Labute approximate surface area is 71.7 Å². The van der Waals surface area contributed by atoms with Crippen molar-refractivity contribution in [1.82, 2.24) is 0 Å². The first-order valence-electron chi connectivity index (χ1n) is 4.06. The highest BCUT2D eigenvalue weighted by Gasteiger charge is 2.32. The Bertz CT molecular complexity index is 324. The van der Waals surface area contributed by atoms with Gasteiger partial charge in [0, 0.05) is 12.3 Å². The van der Waals surface area contributed by atoms with Gasteiger partial charge >= 0.3 is 0 Å². The van der Waals surface area contributed by atoms with Gasteiger partial charge in [-0.3, -0.25) is 4.79 Å². The van der Waals surface area contributed by atoms with Crippen LogP contribution in [0.1, 0.15) is 17.9 Å². The normalized spacial score (nSPS) is 22.2. The van der Waals surface area contributed by atoms with Crippen LogP contribution >= 0.6 is 0 Å². The molecule has 0 heterocycles. The van der Waals surface area contributed by atoms with E-state index in [0.717, 1.165) is 5.57 Å². The summed E-state index contributed by atoms with van der Waals surface area (Å²) in [6, 6.07) is 10.0. The van der Waals surface area contributed by atoms with Crippen molar-refractivity contribution in [3.8, 4) is 0 Å². The van der Waals surface area contributed by atoms with E-state index in [1.54, 1.807) is 0 Å². The lowest BCUT2D eigenvalue weighted by Gasteiger charge is -2.27. The molecule has 1 aliphatic rings. The van der Waals surface area contributed by atoms with Crippen molar-refractivity contribution in [1.29, 1.82) is 0 Å². The van der Waals surface area contributed by atoms with E-state index >= 15 is 0 Å². The molecular weight excluding hydrogens is 148 g/mol. The van der Waals surface area contributed by atoms with Crippen LogP contribution in [0.5, 0.6) is 0 Å². The third kappa shape index (κ3) is 0.981. The van der Waals surface area contributed by atoms with Crippen molar-refractivity contribution < 1.29 is 4.79 Å². The van der Waals surface area contributed by atoms with Crippen LogP contribution in [-0.4, -0.2) is 5.78 Å². The predicted molar refractivity (Wildman–Crippen MR) is 47.9 cm³/mol. The number of hydrogen-bond acceptors (Lipinski definition) is 1. The lowest BCUT2D eigenvalue weighted by Crippen LogP contribution is -2.24. The molecule has 0 N–H and O–H groups in total. The van der Waals surface area contributed by atoms with E-state index in [1.165, 1.54) is 5.56 Å². The van der Waals surface area contributed by atoms with Gasteiger partial charge in [0.2, 0.25) is 0 Å². The number of Topliss-reactive ketones (excluding diaryl/α,β-unsaturated/α-hetero) is 1. The Kier molecular flexibility index (Phi) is 1.58. The van der Waals surface area contributed by atoms with Crippen molar-refractivity contribution in [3.63, 3.8) is 0 Å². The van der Waals surface area contributed by atoms with Crippen LogP contribution in [0.15, 0.2) is 42.5 Å². The first kappa shape index (κ1) is 7.29. The molecule has 0 aromatic heterocycles. The van der Waals surface area contributed by atoms with Crippen LogP contribution < -0.4 is 0 Å². The maximum absolute atomic E-state index is 10.9. The average molecular weight is 158 g/mol. The summed E-state index contributed by atoms with van der Waals surface area (Å²) in [7, 11) is 0. The molecule has 1 atom stereocenters. The van der Waals surface area contributed by atoms with Gasteiger partial charge in [-0.2, -0.15) is 0 Å². The Balaban J connectivity index is 2.24. The summed E-state index contributed by atoms with van der Waals surface area (Å²) in [6.07, 6.45) is 0.642. The largest absolute Gasteiger partial charge is 0.295 e. The number of hydrogen-bond donors (Lipinski definition) is 0. The third-order valence-electron chi connectivity index (χ3n) is 2.37. The average Bonchev–Trinajstić information content (AvgIpc) is 2.15. The van der Waals surface area contributed by atoms with E-state index in [0.29, 0.717) is 12.3 Å². The number of carbonyl (C=O) groups excluding carboxylic acids is 1. The van der Waals surface area contributed by atoms with E-state index in [9.17, 15) is 4.79 Å². The van der Waals surface area contributed by atoms with E-state index < -0.39 is 0 Å². The number of rotatable bonds is 1. The van der Waals surface area contributed by atoms with E-state index in [2.05, 4.69) is 6.58 Å². The number of allylic oxidation sites excluding steroid dienone is 1. The van der Waals surface area contributed by atoms with Gasteiger partial charge in [-0.25, -0.2) is 0 Å². The van der Waals surface area contributed by atoms with Gasteiger partial charge in [-0.05, 0) is 11.1 Å². The second-order valence-electron chi connectivity index (χ2n) is 3.12. The molecule has 1 heteroatoms. The molecular formula is C11H10O. The maximum Gasteiger partial charge on any atom is 0.159 e. The fourth-order valence-electron chi connectivity index (χ4n) is 1.51. The van der Waals surface area contributed by atoms with Crippen molar-refractivity contribution in [2.24, 2.45) is 0 Å². The quantitative estimate of drug-likeness (QED) is 0.573. The Morgan fingerprint density at radius 1 is 1.25 bits per heavy atom. The van der Waals surface area contributed by atoms with Gasteiger partial charge in [-0.1, -0.05) is 36.9 Å². The highest BCUT2D eigenvalue weighted by Crippen LogP contribution is 2.37. The summed E-state index contributed by atoms with van der Waals surface area (Å²) in [4.78, 5) is 10.9. The lowest BCUT2D eigenvalue weighted by atomic mass is 9.75. The predicted octanol–water partition coefficient (Wildman–Crippen LogP) is 2.30. The first-order chi connectivity index (χ1) is 5.79. The molecule has 1 aliphatic carbocycles. The van der Waals surface area contributed by atoms with Gasteiger partial charge < -0.3 is 0 Å². The number of carbonyl (C=O) groups is 1. The van der Waals surface area contributed by atoms with Gasteiger partial charge in [0.15, 0.2) is 5.78 Å². The fourth-order valence-corrected chi connectivity index (χ4v) is 1.51. The summed E-state index contributed by atoms with van der Waals surface area (Å²) in [6.45, 7) is 3.75. The van der Waals surface area contributed by atoms with Crippen molar-refractivity contribution >= 4 is 5.78 Å². The zero-order chi connectivity index (χ0) is 8.55. The van der Waals surface area contributed by atoms with Crippen LogP contribution in [0.4, 0.5) is 0 Å². The van der Waals surface area contributed by atoms with Crippen LogP contribution in [-0.2, 0) is 4.79 Å². The van der Waals surface area contributed by atoms with E-state index in [4.69, 9.17) is 0 Å². The van der Waals surface area contributed by atoms with Crippen molar-refractivity contribution in [3.05, 3.63) is 48.0 Å². The first-order valence-corrected chi connectivity index (χ1v) is 4.06. The zero-order valence-electron chi connectivity index (χ0n) is 6.79. The monoisotopic (exact) mass is 158 g/mol. The fraction of sp³-hybridized carbons (Fsp3) is 0.182. The molecule has 2 rings (SSSR count). The van der Waals surface area contributed by atoms with Crippen LogP contribution in [0.25, 0.3) is 0 Å². The Hall–Kier alpha value is -1.37. The highest BCUT2D eigenvalue weighted by atomic mass is 16.1. The zero-order valence-corrected chi connectivity index (χ0v) is 6.79. The summed E-state index contributed by atoms with van der Waals surface area (Å²) >= 11 is 0. The third-order valence-corrected chi connectivity index (χ3v) is 2.37. The SMILES string of the molecule is C=C1C(=O)CC1c1ccccc1. The molecule has 1 aromatic rings. The molecule has 0 saturated heterocycles. The molecule has 0 radical (unpaired) electrons. The topological polar surface area (TPSA) is 17.1 Å². The maximum atomic E-state index is 10.9. The molecule has 1 fully saturated rings. The van der Waals surface area contributed by atoms with Crippen molar-refractivity contribution in [2.45, 2.75) is 12.3 Å². The molecule has 12 heavy (non-hydrogen) atoms. The molecule has 1 saturated carbocycles. The molecule has 0 aliphatic heterocycles. The van der Waals surface area contributed by atoms with Crippen LogP contribution in [0.3, 0.4) is 0 Å². The highest BCUT2D eigenvalue weighted by molar-refractivity contribution is 6.04. The van der Waals surface area contributed by atoms with Gasteiger partial charge in [0.05, 0.1) is 0 Å². The number of ketones is 1. The Morgan fingerprint density at radius 3 is 2.42 bits per heavy atom. The molecule has 1 unspecified atom stereocenters. The minimum Gasteiger partial charge on any atom is -0.295 e. The molecule has 1 nitrogen and oxygen atoms in total. The second kappa shape index (κ2) is 2.59. The standard InChI is InChI=1S/C11H10O/c1-8-10(7-11(8)12)9-5-3-2-4-6-9/h2-6,10H,1,7H2. The van der Waals surface area contributed by atoms with Crippen LogP contribution in [0.2, 0.25) is 0 Å². The summed E-state index contributed by atoms with van der Waals surface area (Å²) in [5.41, 5.74) is 1.98. The van der Waals surface area contributed by atoms with E-state index in [1.807, 2.05) is 30.3 Å². The Morgan fingerprint density at radius 2 is 1.92 bits per heavy atom. The molecule has 60 valence electrons.